The van der Waals surface area contributed by atoms with Crippen molar-refractivity contribution in [2.24, 2.45) is 0 Å². The minimum absolute atomic E-state index is 0.0437. The molecule has 1 saturated heterocycles. The van der Waals surface area contributed by atoms with Crippen LogP contribution in [0.3, 0.4) is 0 Å². The van der Waals surface area contributed by atoms with Crippen LogP contribution in [0.2, 0.25) is 0 Å². The van der Waals surface area contributed by atoms with Crippen molar-refractivity contribution in [2.75, 3.05) is 31.2 Å². The lowest BCUT2D eigenvalue weighted by Gasteiger charge is -2.30. The van der Waals surface area contributed by atoms with E-state index in [2.05, 4.69) is 28.5 Å². The maximum atomic E-state index is 13.3. The molecule has 0 bridgehead atoms. The summed E-state index contributed by atoms with van der Waals surface area (Å²) in [5.74, 6) is -0.968. The number of alkyl halides is 3. The molecular formula is C29H33F3N2O3. The zero-order chi connectivity index (χ0) is 26.2. The summed E-state index contributed by atoms with van der Waals surface area (Å²) in [5.41, 5.74) is 4.56. The van der Waals surface area contributed by atoms with E-state index in [-0.39, 0.29) is 18.4 Å². The minimum Gasteiger partial charge on any atom is -0.481 e. The number of halogens is 3. The van der Waals surface area contributed by atoms with E-state index in [9.17, 15) is 23.1 Å². The van der Waals surface area contributed by atoms with E-state index >= 15 is 0 Å². The topological polar surface area (TPSA) is 54.7 Å². The molecule has 5 nitrogen and oxygen atoms in total. The summed E-state index contributed by atoms with van der Waals surface area (Å²) in [6.07, 6.45) is -0.202. The Hall–Kier alpha value is -3.00. The second-order valence-electron chi connectivity index (χ2n) is 10.1. The molecule has 0 saturated carbocycles. The van der Waals surface area contributed by atoms with Gasteiger partial charge in [-0.1, -0.05) is 31.5 Å². The van der Waals surface area contributed by atoms with Crippen LogP contribution in [0.1, 0.15) is 73.4 Å². The fraction of sp³-hybridized carbons (Fsp3) is 0.483. The summed E-state index contributed by atoms with van der Waals surface area (Å²) in [4.78, 5) is 14.2. The molecule has 1 N–H and O–H groups in total. The van der Waals surface area contributed by atoms with Crippen LogP contribution in [-0.2, 0) is 22.1 Å². The second-order valence-corrected chi connectivity index (χ2v) is 10.1. The Morgan fingerprint density at radius 2 is 1.86 bits per heavy atom. The number of carboxylic acids is 1. The Morgan fingerprint density at radius 1 is 1.14 bits per heavy atom. The van der Waals surface area contributed by atoms with Gasteiger partial charge in [0.1, 0.15) is 0 Å². The summed E-state index contributed by atoms with van der Waals surface area (Å²) in [5, 5.41) is 10.9. The zero-order valence-electron chi connectivity index (χ0n) is 21.1. The normalized spacial score (nSPS) is 19.1. The highest BCUT2D eigenvalue weighted by atomic mass is 19.4. The van der Waals surface area contributed by atoms with Gasteiger partial charge in [0.15, 0.2) is 0 Å². The average molecular weight is 515 g/mol. The number of aliphatic carboxylic acids is 1. The number of hydrogen-bond acceptors (Lipinski definition) is 3. The van der Waals surface area contributed by atoms with Crippen molar-refractivity contribution in [3.63, 3.8) is 0 Å². The van der Waals surface area contributed by atoms with E-state index in [1.807, 2.05) is 6.07 Å². The van der Waals surface area contributed by atoms with E-state index < -0.39 is 17.7 Å². The molecule has 37 heavy (non-hydrogen) atoms. The molecular weight excluding hydrogens is 481 g/mol. The largest absolute Gasteiger partial charge is 0.481 e. The molecule has 2 aliphatic rings. The predicted molar refractivity (Wildman–Crippen MR) is 137 cm³/mol. The molecule has 0 amide bonds. The SMILES string of the molecule is CCCC(c1ccc(C(F)(F)F)cc1)n1c2c(c3c(N4CCOCC4)cccc31)CCCC2CC(=O)O. The first kappa shape index (κ1) is 25.6. The van der Waals surface area contributed by atoms with Gasteiger partial charge in [-0.3, -0.25) is 4.79 Å². The van der Waals surface area contributed by atoms with Crippen molar-refractivity contribution >= 4 is 22.6 Å². The number of nitrogens with zero attached hydrogens (tertiary/aromatic N) is 2. The first-order valence-corrected chi connectivity index (χ1v) is 13.2. The van der Waals surface area contributed by atoms with E-state index in [4.69, 9.17) is 4.74 Å². The monoisotopic (exact) mass is 514 g/mol. The molecule has 2 aromatic carbocycles. The van der Waals surface area contributed by atoms with Crippen LogP contribution in [0, 0.1) is 0 Å². The Morgan fingerprint density at radius 3 is 2.51 bits per heavy atom. The van der Waals surface area contributed by atoms with Crippen molar-refractivity contribution in [1.82, 2.24) is 4.57 Å². The number of rotatable bonds is 7. The number of ether oxygens (including phenoxy) is 1. The fourth-order valence-electron chi connectivity index (χ4n) is 6.23. The molecule has 8 heteroatoms. The van der Waals surface area contributed by atoms with Gasteiger partial charge in [0.05, 0.1) is 36.8 Å². The maximum absolute atomic E-state index is 13.3. The Kier molecular flexibility index (Phi) is 7.21. The van der Waals surface area contributed by atoms with Gasteiger partial charge in [0.25, 0.3) is 0 Å². The Balaban J connectivity index is 1.73. The summed E-state index contributed by atoms with van der Waals surface area (Å²) < 4.78 is 47.7. The number of benzene rings is 2. The van der Waals surface area contributed by atoms with Crippen LogP contribution >= 0.6 is 0 Å². The number of hydrogen-bond donors (Lipinski definition) is 1. The Labute approximate surface area is 214 Å². The smallest absolute Gasteiger partial charge is 0.416 e. The van der Waals surface area contributed by atoms with E-state index in [1.165, 1.54) is 5.56 Å². The molecule has 2 unspecified atom stereocenters. The molecule has 198 valence electrons. The quantitative estimate of drug-likeness (QED) is 0.378. The lowest BCUT2D eigenvalue weighted by atomic mass is 9.84. The highest BCUT2D eigenvalue weighted by molar-refractivity contribution is 5.98. The molecule has 1 aromatic heterocycles. The molecule has 1 aliphatic carbocycles. The fourth-order valence-corrected chi connectivity index (χ4v) is 6.23. The van der Waals surface area contributed by atoms with Gasteiger partial charge in [-0.2, -0.15) is 13.2 Å². The second kappa shape index (κ2) is 10.4. The highest BCUT2D eigenvalue weighted by Crippen LogP contribution is 2.46. The third-order valence-corrected chi connectivity index (χ3v) is 7.79. The minimum atomic E-state index is -4.39. The van der Waals surface area contributed by atoms with Gasteiger partial charge < -0.3 is 19.3 Å². The summed E-state index contributed by atoms with van der Waals surface area (Å²) in [7, 11) is 0. The van der Waals surface area contributed by atoms with E-state index in [0.29, 0.717) is 13.2 Å². The first-order valence-electron chi connectivity index (χ1n) is 13.2. The summed E-state index contributed by atoms with van der Waals surface area (Å²) in [6.45, 7) is 4.96. The molecule has 2 heterocycles. The molecule has 0 radical (unpaired) electrons. The standard InChI is InChI=1S/C29H33F3N2O3/c1-2-5-23(19-10-12-21(13-11-19)29(30,31)32)34-25-9-4-8-24(33-14-16-37-17-15-33)27(25)22-7-3-6-20(28(22)34)18-26(35)36/h4,8-13,20,23H,2-3,5-7,14-18H2,1H3,(H,35,36). The number of morpholine rings is 1. The predicted octanol–water partition coefficient (Wildman–Crippen LogP) is 6.78. The molecule has 1 fully saturated rings. The zero-order valence-corrected chi connectivity index (χ0v) is 21.1. The van der Waals surface area contributed by atoms with Crippen LogP contribution in [0.15, 0.2) is 42.5 Å². The number of fused-ring (bicyclic) bond motifs is 3. The maximum Gasteiger partial charge on any atom is 0.416 e. The van der Waals surface area contributed by atoms with Crippen LogP contribution < -0.4 is 4.90 Å². The Bertz CT molecular complexity index is 1260. The van der Waals surface area contributed by atoms with Crippen LogP contribution in [0.5, 0.6) is 0 Å². The molecule has 5 rings (SSSR count). The van der Waals surface area contributed by atoms with Gasteiger partial charge in [-0.25, -0.2) is 0 Å². The molecule has 3 aromatic rings. The molecule has 0 spiro atoms. The molecule has 1 aliphatic heterocycles. The van der Waals surface area contributed by atoms with Gasteiger partial charge in [0.2, 0.25) is 0 Å². The number of anilines is 1. The number of aryl methyl sites for hydroxylation is 1. The summed E-state index contributed by atoms with van der Waals surface area (Å²) >= 11 is 0. The third kappa shape index (κ3) is 4.96. The van der Waals surface area contributed by atoms with Gasteiger partial charge in [-0.05, 0) is 61.1 Å². The lowest BCUT2D eigenvalue weighted by Crippen LogP contribution is -2.36. The van der Waals surface area contributed by atoms with Crippen LogP contribution in [0.4, 0.5) is 18.9 Å². The third-order valence-electron chi connectivity index (χ3n) is 7.79. The highest BCUT2D eigenvalue weighted by Gasteiger charge is 2.34. The average Bonchev–Trinajstić information content (AvgIpc) is 3.22. The first-order chi connectivity index (χ1) is 17.8. The van der Waals surface area contributed by atoms with E-state index in [1.54, 1.807) is 12.1 Å². The van der Waals surface area contributed by atoms with Gasteiger partial charge >= 0.3 is 12.1 Å². The van der Waals surface area contributed by atoms with Crippen molar-refractivity contribution in [1.29, 1.82) is 0 Å². The van der Waals surface area contributed by atoms with Crippen LogP contribution in [-0.4, -0.2) is 41.9 Å². The van der Waals surface area contributed by atoms with Crippen molar-refractivity contribution < 1.29 is 27.8 Å². The molecule has 2 atom stereocenters. The summed E-state index contributed by atoms with van der Waals surface area (Å²) in [6, 6.07) is 11.6. The van der Waals surface area contributed by atoms with Crippen molar-refractivity contribution in [2.45, 2.75) is 63.6 Å². The van der Waals surface area contributed by atoms with Crippen molar-refractivity contribution in [3.05, 3.63) is 64.8 Å². The van der Waals surface area contributed by atoms with Crippen molar-refractivity contribution in [3.8, 4) is 0 Å². The van der Waals surface area contributed by atoms with Crippen LogP contribution in [0.25, 0.3) is 10.9 Å². The lowest BCUT2D eigenvalue weighted by molar-refractivity contribution is -0.138. The van der Waals surface area contributed by atoms with Gasteiger partial charge in [-0.15, -0.1) is 0 Å². The number of carboxylic acid groups (broad SMARTS) is 1. The number of aromatic nitrogens is 1. The van der Waals surface area contributed by atoms with E-state index in [0.717, 1.165) is 85.2 Å². The van der Waals surface area contributed by atoms with Gasteiger partial charge in [0, 0.05) is 35.8 Å². The number of carbonyl (C=O) groups is 1.